The van der Waals surface area contributed by atoms with E-state index < -0.39 is 0 Å². The van der Waals surface area contributed by atoms with E-state index in [1.807, 2.05) is 6.20 Å². The van der Waals surface area contributed by atoms with Crippen molar-refractivity contribution in [3.05, 3.63) is 16.1 Å². The fourth-order valence-corrected chi connectivity index (χ4v) is 3.01. The minimum Gasteiger partial charge on any atom is -0.316 e. The SMILES string of the molecule is CC(=O)Cc1cnc(CC2CCNC2)s1. The van der Waals surface area contributed by atoms with Crippen LogP contribution in [0.4, 0.5) is 0 Å². The van der Waals surface area contributed by atoms with Crippen LogP contribution in [0.5, 0.6) is 0 Å². The molecule has 3 nitrogen and oxygen atoms in total. The zero-order chi connectivity index (χ0) is 10.7. The van der Waals surface area contributed by atoms with Crippen molar-refractivity contribution in [3.8, 4) is 0 Å². The Kier molecular flexibility index (Phi) is 3.49. The minimum atomic E-state index is 0.215. The number of thiazole rings is 1. The van der Waals surface area contributed by atoms with Crippen molar-refractivity contribution in [2.75, 3.05) is 13.1 Å². The van der Waals surface area contributed by atoms with E-state index in [0.29, 0.717) is 6.42 Å². The van der Waals surface area contributed by atoms with Crippen molar-refractivity contribution in [3.63, 3.8) is 0 Å². The van der Waals surface area contributed by atoms with E-state index in [2.05, 4.69) is 10.3 Å². The molecule has 1 aliphatic rings. The number of rotatable bonds is 4. The first-order valence-electron chi connectivity index (χ1n) is 5.38. The highest BCUT2D eigenvalue weighted by Gasteiger charge is 2.16. The summed E-state index contributed by atoms with van der Waals surface area (Å²) in [7, 11) is 0. The van der Waals surface area contributed by atoms with Gasteiger partial charge in [0.2, 0.25) is 0 Å². The summed E-state index contributed by atoms with van der Waals surface area (Å²) in [4.78, 5) is 16.4. The zero-order valence-corrected chi connectivity index (χ0v) is 9.77. The van der Waals surface area contributed by atoms with Crippen LogP contribution in [-0.2, 0) is 17.6 Å². The van der Waals surface area contributed by atoms with Crippen LogP contribution >= 0.6 is 11.3 Å². The van der Waals surface area contributed by atoms with Crippen molar-refractivity contribution < 1.29 is 4.79 Å². The van der Waals surface area contributed by atoms with Crippen LogP contribution in [0.25, 0.3) is 0 Å². The molecule has 0 bridgehead atoms. The van der Waals surface area contributed by atoms with Crippen molar-refractivity contribution in [1.82, 2.24) is 10.3 Å². The molecule has 1 N–H and O–H groups in total. The highest BCUT2D eigenvalue weighted by molar-refractivity contribution is 7.11. The second-order valence-corrected chi connectivity index (χ2v) is 5.36. The summed E-state index contributed by atoms with van der Waals surface area (Å²) in [5.41, 5.74) is 0. The molecule has 15 heavy (non-hydrogen) atoms. The lowest BCUT2D eigenvalue weighted by molar-refractivity contribution is -0.116. The molecule has 2 heterocycles. The molecule has 0 saturated carbocycles. The van der Waals surface area contributed by atoms with E-state index in [1.54, 1.807) is 18.3 Å². The highest BCUT2D eigenvalue weighted by atomic mass is 32.1. The Morgan fingerprint density at radius 2 is 2.60 bits per heavy atom. The van der Waals surface area contributed by atoms with Gasteiger partial charge in [-0.15, -0.1) is 11.3 Å². The molecular formula is C11H16N2OS. The van der Waals surface area contributed by atoms with Gasteiger partial charge in [0.25, 0.3) is 0 Å². The number of carbonyl (C=O) groups excluding carboxylic acids is 1. The third-order valence-electron chi connectivity index (χ3n) is 2.65. The van der Waals surface area contributed by atoms with E-state index in [4.69, 9.17) is 0 Å². The molecule has 4 heteroatoms. The Hall–Kier alpha value is -0.740. The van der Waals surface area contributed by atoms with Gasteiger partial charge in [-0.25, -0.2) is 4.98 Å². The van der Waals surface area contributed by atoms with E-state index >= 15 is 0 Å². The average molecular weight is 224 g/mol. The smallest absolute Gasteiger partial charge is 0.135 e. The Morgan fingerprint density at radius 3 is 3.27 bits per heavy atom. The Morgan fingerprint density at radius 1 is 1.73 bits per heavy atom. The van der Waals surface area contributed by atoms with Gasteiger partial charge in [0, 0.05) is 23.9 Å². The number of aromatic nitrogens is 1. The Balaban J connectivity index is 1.91. The quantitative estimate of drug-likeness (QED) is 0.841. The van der Waals surface area contributed by atoms with E-state index in [9.17, 15) is 4.79 Å². The second-order valence-electron chi connectivity index (χ2n) is 4.16. The Bertz CT molecular complexity index is 342. The van der Waals surface area contributed by atoms with Crippen LogP contribution in [0.1, 0.15) is 23.2 Å². The normalized spacial score (nSPS) is 20.7. The molecule has 0 aromatic carbocycles. The topological polar surface area (TPSA) is 42.0 Å². The van der Waals surface area contributed by atoms with Crippen LogP contribution in [0.15, 0.2) is 6.20 Å². The van der Waals surface area contributed by atoms with Crippen molar-refractivity contribution >= 4 is 17.1 Å². The van der Waals surface area contributed by atoms with Crippen LogP contribution < -0.4 is 5.32 Å². The number of nitrogens with one attached hydrogen (secondary N) is 1. The van der Waals surface area contributed by atoms with Crippen molar-refractivity contribution in [2.24, 2.45) is 5.92 Å². The predicted octanol–water partition coefficient (Wildman–Crippen LogP) is 1.43. The fourth-order valence-electron chi connectivity index (χ4n) is 1.91. The maximum Gasteiger partial charge on any atom is 0.135 e. The standard InChI is InChI=1S/C11H16N2OS/c1-8(14)4-10-7-13-11(15-10)5-9-2-3-12-6-9/h7,9,12H,2-6H2,1H3. The van der Waals surface area contributed by atoms with E-state index in [1.165, 1.54) is 11.4 Å². The maximum absolute atomic E-state index is 10.9. The molecule has 1 unspecified atom stereocenters. The van der Waals surface area contributed by atoms with Crippen LogP contribution in [-0.4, -0.2) is 23.9 Å². The predicted molar refractivity (Wildman–Crippen MR) is 61.2 cm³/mol. The second kappa shape index (κ2) is 4.86. The van der Waals surface area contributed by atoms with Gasteiger partial charge in [0.05, 0.1) is 5.01 Å². The monoisotopic (exact) mass is 224 g/mol. The van der Waals surface area contributed by atoms with Gasteiger partial charge in [0.15, 0.2) is 0 Å². The number of hydrogen-bond acceptors (Lipinski definition) is 4. The molecule has 1 atom stereocenters. The summed E-state index contributed by atoms with van der Waals surface area (Å²) >= 11 is 1.69. The van der Waals surface area contributed by atoms with Crippen LogP contribution in [0.2, 0.25) is 0 Å². The maximum atomic E-state index is 10.9. The third kappa shape index (κ3) is 3.11. The highest BCUT2D eigenvalue weighted by Crippen LogP contribution is 2.20. The molecule has 2 rings (SSSR count). The van der Waals surface area contributed by atoms with Gasteiger partial charge in [-0.05, 0) is 32.4 Å². The minimum absolute atomic E-state index is 0.215. The molecule has 0 amide bonds. The van der Waals surface area contributed by atoms with Gasteiger partial charge >= 0.3 is 0 Å². The third-order valence-corrected chi connectivity index (χ3v) is 3.67. The molecule has 0 aliphatic carbocycles. The number of nitrogens with zero attached hydrogens (tertiary/aromatic N) is 1. The lowest BCUT2D eigenvalue weighted by atomic mass is 10.1. The molecule has 82 valence electrons. The van der Waals surface area contributed by atoms with Gasteiger partial charge in [0.1, 0.15) is 5.78 Å². The molecular weight excluding hydrogens is 208 g/mol. The first-order chi connectivity index (χ1) is 7.24. The summed E-state index contributed by atoms with van der Waals surface area (Å²) in [5.74, 6) is 0.953. The molecule has 0 spiro atoms. The first-order valence-corrected chi connectivity index (χ1v) is 6.19. The summed E-state index contributed by atoms with van der Waals surface area (Å²) < 4.78 is 0. The van der Waals surface area contributed by atoms with E-state index in [-0.39, 0.29) is 5.78 Å². The summed E-state index contributed by atoms with van der Waals surface area (Å²) in [6.45, 7) is 3.87. The van der Waals surface area contributed by atoms with Crippen molar-refractivity contribution in [2.45, 2.75) is 26.2 Å². The number of hydrogen-bond donors (Lipinski definition) is 1. The van der Waals surface area contributed by atoms with Gasteiger partial charge < -0.3 is 5.32 Å². The number of carbonyl (C=O) groups is 1. The van der Waals surface area contributed by atoms with Gasteiger partial charge in [-0.3, -0.25) is 4.79 Å². The van der Waals surface area contributed by atoms with Crippen molar-refractivity contribution in [1.29, 1.82) is 0 Å². The lowest BCUT2D eigenvalue weighted by Gasteiger charge is -2.03. The van der Waals surface area contributed by atoms with Gasteiger partial charge in [-0.1, -0.05) is 0 Å². The Labute approximate surface area is 93.9 Å². The van der Waals surface area contributed by atoms with Crippen LogP contribution in [0, 0.1) is 5.92 Å². The zero-order valence-electron chi connectivity index (χ0n) is 8.95. The molecule has 1 aliphatic heterocycles. The molecule has 1 aromatic heterocycles. The molecule has 1 saturated heterocycles. The van der Waals surface area contributed by atoms with E-state index in [0.717, 1.165) is 30.3 Å². The first kappa shape index (κ1) is 10.8. The van der Waals surface area contributed by atoms with Crippen LogP contribution in [0.3, 0.4) is 0 Å². The summed E-state index contributed by atoms with van der Waals surface area (Å²) in [6, 6.07) is 0. The lowest BCUT2D eigenvalue weighted by Crippen LogP contribution is -2.10. The summed E-state index contributed by atoms with van der Waals surface area (Å²) in [5, 5.41) is 4.53. The van der Waals surface area contributed by atoms with Gasteiger partial charge in [-0.2, -0.15) is 0 Å². The molecule has 1 aromatic rings. The molecule has 0 radical (unpaired) electrons. The largest absolute Gasteiger partial charge is 0.316 e. The number of ketones is 1. The fraction of sp³-hybridized carbons (Fsp3) is 0.636. The average Bonchev–Trinajstić information content (AvgIpc) is 2.77. The number of Topliss-reactive ketones (excluding diaryl/α,β-unsaturated/α-hetero) is 1. The molecule has 1 fully saturated rings. The summed E-state index contributed by atoms with van der Waals surface area (Å²) in [6.07, 6.45) is 4.71.